The Hall–Kier alpha value is -2.02. The molecule has 0 atom stereocenters. The van der Waals surface area contributed by atoms with Crippen molar-refractivity contribution in [2.24, 2.45) is 0 Å². The normalized spacial score (nSPS) is 17.9. The number of hydrogen-bond donors (Lipinski definition) is 0. The minimum atomic E-state index is 0.917. The summed E-state index contributed by atoms with van der Waals surface area (Å²) in [7, 11) is 2.03. The van der Waals surface area contributed by atoms with Crippen LogP contribution in [0, 0.1) is 6.92 Å². The maximum Gasteiger partial charge on any atom is 0.0405 e. The molecule has 2 rings (SSSR count). The van der Waals surface area contributed by atoms with Crippen LogP contribution >= 0.6 is 0 Å². The summed E-state index contributed by atoms with van der Waals surface area (Å²) in [5.41, 5.74) is 7.17. The SMILES string of the molecule is C=C1C(Cc2ccccc2C)=C/C(=C/C)C(=C)N1C. The lowest BCUT2D eigenvalue weighted by Crippen LogP contribution is -2.23. The number of benzene rings is 1. The first-order chi connectivity index (χ1) is 9.04. The van der Waals surface area contributed by atoms with E-state index in [0.717, 1.165) is 17.8 Å². The van der Waals surface area contributed by atoms with Crippen molar-refractivity contribution < 1.29 is 0 Å². The highest BCUT2D eigenvalue weighted by atomic mass is 15.1. The van der Waals surface area contributed by atoms with E-state index < -0.39 is 0 Å². The Balaban J connectivity index is 2.37. The van der Waals surface area contributed by atoms with Crippen LogP contribution in [0.15, 0.2) is 72.1 Å². The third-order valence-electron chi connectivity index (χ3n) is 3.80. The smallest absolute Gasteiger partial charge is 0.0405 e. The van der Waals surface area contributed by atoms with Gasteiger partial charge in [0.2, 0.25) is 0 Å². The quantitative estimate of drug-likeness (QED) is 0.754. The Morgan fingerprint density at radius 2 is 1.84 bits per heavy atom. The zero-order valence-corrected chi connectivity index (χ0v) is 12.0. The molecule has 1 heterocycles. The van der Waals surface area contributed by atoms with Crippen molar-refractivity contribution in [1.82, 2.24) is 4.90 Å². The number of rotatable bonds is 2. The molecule has 0 aromatic heterocycles. The molecule has 1 nitrogen and oxygen atoms in total. The number of nitrogens with zero attached hydrogens (tertiary/aromatic N) is 1. The van der Waals surface area contributed by atoms with Crippen molar-refractivity contribution in [3.05, 3.63) is 83.2 Å². The standard InChI is InChI=1S/C18H21N/c1-6-16-11-18(15(4)19(5)14(16)3)12-17-10-8-7-9-13(17)2/h6-11H,3-4,12H2,1-2,5H3/b16-6-. The highest BCUT2D eigenvalue weighted by molar-refractivity contribution is 5.52. The molecule has 0 radical (unpaired) electrons. The van der Waals surface area contributed by atoms with Gasteiger partial charge in [0.15, 0.2) is 0 Å². The summed E-state index contributed by atoms with van der Waals surface area (Å²) in [5, 5.41) is 0. The van der Waals surface area contributed by atoms with Crippen molar-refractivity contribution in [3.8, 4) is 0 Å². The average Bonchev–Trinajstić information content (AvgIpc) is 2.41. The second kappa shape index (κ2) is 5.31. The molecular weight excluding hydrogens is 230 g/mol. The van der Waals surface area contributed by atoms with E-state index in [1.54, 1.807) is 0 Å². The van der Waals surface area contributed by atoms with E-state index in [9.17, 15) is 0 Å². The van der Waals surface area contributed by atoms with E-state index in [4.69, 9.17) is 0 Å². The molecule has 0 spiro atoms. The van der Waals surface area contributed by atoms with Gasteiger partial charge in [-0.3, -0.25) is 0 Å². The molecule has 1 aromatic rings. The predicted octanol–water partition coefficient (Wildman–Crippen LogP) is 4.38. The maximum atomic E-state index is 4.19. The molecule has 1 heteroatoms. The highest BCUT2D eigenvalue weighted by Gasteiger charge is 2.19. The molecule has 19 heavy (non-hydrogen) atoms. The third-order valence-corrected chi connectivity index (χ3v) is 3.80. The summed E-state index contributed by atoms with van der Waals surface area (Å²) in [6.07, 6.45) is 5.22. The molecule has 1 aliphatic rings. The molecule has 0 saturated heterocycles. The molecule has 0 fully saturated rings. The summed E-state index contributed by atoms with van der Waals surface area (Å²) < 4.78 is 0. The molecule has 0 amide bonds. The molecule has 0 N–H and O–H groups in total. The molecular formula is C18H21N. The van der Waals surface area contributed by atoms with Crippen LogP contribution in [0.3, 0.4) is 0 Å². The lowest BCUT2D eigenvalue weighted by atomic mass is 9.93. The van der Waals surface area contributed by atoms with Gasteiger partial charge in [-0.2, -0.15) is 0 Å². The van der Waals surface area contributed by atoms with Crippen molar-refractivity contribution in [2.45, 2.75) is 20.3 Å². The van der Waals surface area contributed by atoms with Gasteiger partial charge in [0.1, 0.15) is 0 Å². The topological polar surface area (TPSA) is 3.24 Å². The number of hydrogen-bond acceptors (Lipinski definition) is 1. The van der Waals surface area contributed by atoms with Crippen molar-refractivity contribution >= 4 is 0 Å². The Labute approximate surface area is 116 Å². The fourth-order valence-corrected chi connectivity index (χ4v) is 2.34. The van der Waals surface area contributed by atoms with Crippen LogP contribution in [0.1, 0.15) is 18.1 Å². The lowest BCUT2D eigenvalue weighted by molar-refractivity contribution is 0.531. The molecule has 0 saturated carbocycles. The van der Waals surface area contributed by atoms with Crippen molar-refractivity contribution in [2.75, 3.05) is 7.05 Å². The first-order valence-corrected chi connectivity index (χ1v) is 6.58. The Morgan fingerprint density at radius 3 is 2.47 bits per heavy atom. The lowest BCUT2D eigenvalue weighted by Gasteiger charge is -2.31. The first kappa shape index (κ1) is 13.4. The van der Waals surface area contributed by atoms with E-state index in [2.05, 4.69) is 61.4 Å². The maximum absolute atomic E-state index is 4.19. The zero-order valence-electron chi connectivity index (χ0n) is 12.0. The van der Waals surface area contributed by atoms with E-state index in [-0.39, 0.29) is 0 Å². The van der Waals surface area contributed by atoms with E-state index >= 15 is 0 Å². The van der Waals surface area contributed by atoms with Crippen LogP contribution in [0.2, 0.25) is 0 Å². The Bertz CT molecular complexity index is 587. The number of aryl methyl sites for hydroxylation is 1. The zero-order chi connectivity index (χ0) is 14.0. The van der Waals surface area contributed by atoms with Gasteiger partial charge in [0.05, 0.1) is 0 Å². The van der Waals surface area contributed by atoms with Gasteiger partial charge < -0.3 is 4.90 Å². The van der Waals surface area contributed by atoms with Crippen LogP contribution in [0.5, 0.6) is 0 Å². The van der Waals surface area contributed by atoms with E-state index in [1.165, 1.54) is 22.3 Å². The highest BCUT2D eigenvalue weighted by Crippen LogP contribution is 2.31. The minimum Gasteiger partial charge on any atom is -0.345 e. The summed E-state index contributed by atoms with van der Waals surface area (Å²) in [5.74, 6) is 0. The second-order valence-electron chi connectivity index (χ2n) is 4.97. The molecule has 98 valence electrons. The van der Waals surface area contributed by atoms with Crippen molar-refractivity contribution in [3.63, 3.8) is 0 Å². The van der Waals surface area contributed by atoms with Crippen LogP contribution in [-0.2, 0) is 6.42 Å². The molecule has 0 bridgehead atoms. The summed E-state index contributed by atoms with van der Waals surface area (Å²) in [6.45, 7) is 12.5. The van der Waals surface area contributed by atoms with Gasteiger partial charge in [0.25, 0.3) is 0 Å². The first-order valence-electron chi connectivity index (χ1n) is 6.58. The number of allylic oxidation sites excluding steroid dienone is 3. The second-order valence-corrected chi connectivity index (χ2v) is 4.97. The largest absolute Gasteiger partial charge is 0.345 e. The fraction of sp³-hybridized carbons (Fsp3) is 0.222. The monoisotopic (exact) mass is 251 g/mol. The molecule has 1 aromatic carbocycles. The van der Waals surface area contributed by atoms with Crippen molar-refractivity contribution in [1.29, 1.82) is 0 Å². The van der Waals surface area contributed by atoms with Gasteiger partial charge >= 0.3 is 0 Å². The Kier molecular flexibility index (Phi) is 3.75. The van der Waals surface area contributed by atoms with Gasteiger partial charge in [-0.15, -0.1) is 0 Å². The van der Waals surface area contributed by atoms with Gasteiger partial charge in [-0.25, -0.2) is 0 Å². The Morgan fingerprint density at radius 1 is 1.16 bits per heavy atom. The fourth-order valence-electron chi connectivity index (χ4n) is 2.34. The minimum absolute atomic E-state index is 0.917. The van der Waals surface area contributed by atoms with Crippen LogP contribution in [0.25, 0.3) is 0 Å². The van der Waals surface area contributed by atoms with E-state index in [0.29, 0.717) is 0 Å². The molecule has 0 aliphatic carbocycles. The van der Waals surface area contributed by atoms with Gasteiger partial charge in [-0.1, -0.05) is 43.5 Å². The van der Waals surface area contributed by atoms with Gasteiger partial charge in [0, 0.05) is 18.4 Å². The van der Waals surface area contributed by atoms with Crippen LogP contribution in [-0.4, -0.2) is 11.9 Å². The van der Waals surface area contributed by atoms with E-state index in [1.807, 2.05) is 14.0 Å². The average molecular weight is 251 g/mol. The van der Waals surface area contributed by atoms with Crippen LogP contribution in [0.4, 0.5) is 0 Å². The predicted molar refractivity (Wildman–Crippen MR) is 82.8 cm³/mol. The summed E-state index contributed by atoms with van der Waals surface area (Å²) >= 11 is 0. The number of likely N-dealkylation sites (N-methyl/N-ethyl adjacent to an activating group) is 1. The summed E-state index contributed by atoms with van der Waals surface area (Å²) in [4.78, 5) is 2.07. The third kappa shape index (κ3) is 2.55. The molecule has 1 aliphatic heterocycles. The summed E-state index contributed by atoms with van der Waals surface area (Å²) in [6, 6.07) is 8.50. The van der Waals surface area contributed by atoms with Crippen LogP contribution < -0.4 is 0 Å². The van der Waals surface area contributed by atoms with Gasteiger partial charge in [-0.05, 0) is 48.6 Å². The molecule has 0 unspecified atom stereocenters.